The van der Waals surface area contributed by atoms with Crippen LogP contribution < -0.4 is 10.2 Å². The van der Waals surface area contributed by atoms with Crippen molar-refractivity contribution in [3.63, 3.8) is 0 Å². The molecule has 1 saturated carbocycles. The van der Waals surface area contributed by atoms with Gasteiger partial charge in [-0.3, -0.25) is 9.59 Å². The van der Waals surface area contributed by atoms with Gasteiger partial charge in [-0.2, -0.15) is 13.2 Å². The van der Waals surface area contributed by atoms with Gasteiger partial charge in [0.2, 0.25) is 5.91 Å². The maximum absolute atomic E-state index is 12.6. The van der Waals surface area contributed by atoms with Crippen molar-refractivity contribution >= 4 is 17.5 Å². The van der Waals surface area contributed by atoms with Crippen LogP contribution in [0.1, 0.15) is 39.9 Å². The van der Waals surface area contributed by atoms with Crippen LogP contribution in [-0.2, 0) is 23.9 Å². The molecular formula is C21H19F3N2O2. The van der Waals surface area contributed by atoms with Gasteiger partial charge in [0.05, 0.1) is 5.56 Å². The summed E-state index contributed by atoms with van der Waals surface area (Å²) in [6.45, 7) is 0.708. The Balaban J connectivity index is 1.45. The molecule has 0 unspecified atom stereocenters. The third-order valence-electron chi connectivity index (χ3n) is 5.20. The largest absolute Gasteiger partial charge is 0.416 e. The predicted molar refractivity (Wildman–Crippen MR) is 97.8 cm³/mol. The molecule has 0 aromatic heterocycles. The number of halogens is 3. The van der Waals surface area contributed by atoms with Crippen molar-refractivity contribution in [2.24, 2.45) is 5.92 Å². The number of amides is 2. The Bertz CT molecular complexity index is 918. The Morgan fingerprint density at radius 2 is 1.79 bits per heavy atom. The number of rotatable bonds is 4. The number of carbonyl (C=O) groups is 2. The molecule has 4 nitrogen and oxygen atoms in total. The number of nitrogens with one attached hydrogen (secondary N) is 1. The van der Waals surface area contributed by atoms with E-state index in [9.17, 15) is 22.8 Å². The molecule has 146 valence electrons. The van der Waals surface area contributed by atoms with E-state index in [4.69, 9.17) is 0 Å². The van der Waals surface area contributed by atoms with Crippen LogP contribution in [0.5, 0.6) is 0 Å². The van der Waals surface area contributed by atoms with Gasteiger partial charge in [-0.25, -0.2) is 0 Å². The van der Waals surface area contributed by atoms with Crippen molar-refractivity contribution in [1.82, 2.24) is 5.32 Å². The van der Waals surface area contributed by atoms with Crippen LogP contribution in [0.3, 0.4) is 0 Å². The van der Waals surface area contributed by atoms with Gasteiger partial charge in [-0.05, 0) is 54.7 Å². The molecule has 2 aromatic rings. The zero-order valence-electron chi connectivity index (χ0n) is 15.1. The molecule has 0 spiro atoms. The molecule has 0 bridgehead atoms. The summed E-state index contributed by atoms with van der Waals surface area (Å²) in [5, 5.41) is 2.76. The van der Waals surface area contributed by atoms with Crippen molar-refractivity contribution in [1.29, 1.82) is 0 Å². The number of carbonyl (C=O) groups excluding carboxylic acids is 2. The fourth-order valence-corrected chi connectivity index (χ4v) is 3.52. The zero-order valence-corrected chi connectivity index (χ0v) is 15.1. The average molecular weight is 388 g/mol. The molecule has 4 rings (SSSR count). The van der Waals surface area contributed by atoms with E-state index in [-0.39, 0.29) is 24.3 Å². The van der Waals surface area contributed by atoms with Gasteiger partial charge in [0, 0.05) is 30.3 Å². The Kier molecular flexibility index (Phi) is 4.61. The summed E-state index contributed by atoms with van der Waals surface area (Å²) < 4.78 is 37.9. The van der Waals surface area contributed by atoms with Gasteiger partial charge < -0.3 is 10.2 Å². The highest BCUT2D eigenvalue weighted by atomic mass is 19.4. The van der Waals surface area contributed by atoms with E-state index in [0.29, 0.717) is 24.1 Å². The molecule has 1 fully saturated rings. The van der Waals surface area contributed by atoms with Crippen LogP contribution in [0.15, 0.2) is 42.5 Å². The highest BCUT2D eigenvalue weighted by Crippen LogP contribution is 2.37. The Hall–Kier alpha value is -2.83. The minimum Gasteiger partial charge on any atom is -0.348 e. The van der Waals surface area contributed by atoms with E-state index in [2.05, 4.69) is 5.32 Å². The molecule has 1 heterocycles. The van der Waals surface area contributed by atoms with E-state index in [0.717, 1.165) is 36.2 Å². The molecule has 1 aliphatic heterocycles. The normalized spacial score (nSPS) is 16.0. The van der Waals surface area contributed by atoms with Gasteiger partial charge in [0.15, 0.2) is 0 Å². The molecule has 1 aliphatic carbocycles. The lowest BCUT2D eigenvalue weighted by atomic mass is 10.0. The van der Waals surface area contributed by atoms with E-state index in [1.54, 1.807) is 17.0 Å². The van der Waals surface area contributed by atoms with Crippen LogP contribution in [0.25, 0.3) is 0 Å². The van der Waals surface area contributed by atoms with E-state index < -0.39 is 11.7 Å². The molecule has 2 aromatic carbocycles. The van der Waals surface area contributed by atoms with Gasteiger partial charge in [0.1, 0.15) is 0 Å². The predicted octanol–water partition coefficient (Wildman–Crippen LogP) is 3.93. The molecule has 2 aliphatic rings. The Labute approximate surface area is 160 Å². The van der Waals surface area contributed by atoms with Crippen molar-refractivity contribution in [3.05, 3.63) is 64.7 Å². The number of nitrogens with zero attached hydrogens (tertiary/aromatic N) is 1. The molecular weight excluding hydrogens is 369 g/mol. The smallest absolute Gasteiger partial charge is 0.348 e. The fraction of sp³-hybridized carbons (Fsp3) is 0.333. The number of benzene rings is 2. The summed E-state index contributed by atoms with van der Waals surface area (Å²) in [5.74, 6) is -0.0540. The van der Waals surface area contributed by atoms with Crippen LogP contribution in [0.4, 0.5) is 18.9 Å². The average Bonchev–Trinajstić information content (AvgIpc) is 3.43. The van der Waals surface area contributed by atoms with Crippen LogP contribution in [-0.4, -0.2) is 18.4 Å². The maximum atomic E-state index is 12.6. The maximum Gasteiger partial charge on any atom is 0.416 e. The van der Waals surface area contributed by atoms with E-state index >= 15 is 0 Å². The van der Waals surface area contributed by atoms with E-state index in [1.165, 1.54) is 12.1 Å². The molecule has 0 atom stereocenters. The first-order chi connectivity index (χ1) is 13.3. The number of hydrogen-bond donors (Lipinski definition) is 1. The fourth-order valence-electron chi connectivity index (χ4n) is 3.52. The minimum absolute atomic E-state index is 0.114. The standard InChI is InChI=1S/C21H19F3N2O2/c22-21(23,24)15-8-4-13(5-9-15)12-25-19(27)17-2-1-3-18-16(17)10-11-26(18)20(28)14-6-7-14/h1-5,8-9,14H,6-7,10-12H2,(H,25,27). The van der Waals surface area contributed by atoms with Gasteiger partial charge in [0.25, 0.3) is 5.91 Å². The molecule has 2 amide bonds. The molecule has 28 heavy (non-hydrogen) atoms. The first-order valence-electron chi connectivity index (χ1n) is 9.22. The zero-order chi connectivity index (χ0) is 19.9. The van der Waals surface area contributed by atoms with Gasteiger partial charge in [-0.15, -0.1) is 0 Å². The Morgan fingerprint density at radius 3 is 2.43 bits per heavy atom. The molecule has 0 saturated heterocycles. The third-order valence-corrected chi connectivity index (χ3v) is 5.20. The summed E-state index contributed by atoms with van der Waals surface area (Å²) in [7, 11) is 0. The van der Waals surface area contributed by atoms with Gasteiger partial charge >= 0.3 is 6.18 Å². The first kappa shape index (κ1) is 18.5. The summed E-state index contributed by atoms with van der Waals surface area (Å²) in [5.41, 5.74) is 2.01. The summed E-state index contributed by atoms with van der Waals surface area (Å²) in [6, 6.07) is 10.0. The molecule has 7 heteroatoms. The summed E-state index contributed by atoms with van der Waals surface area (Å²) in [6.07, 6.45) is -1.90. The lowest BCUT2D eigenvalue weighted by Gasteiger charge is -2.17. The quantitative estimate of drug-likeness (QED) is 0.863. The SMILES string of the molecule is O=C(NCc1ccc(C(F)(F)F)cc1)c1cccc2c1CCN2C(=O)C1CC1. The Morgan fingerprint density at radius 1 is 1.07 bits per heavy atom. The molecule has 0 radical (unpaired) electrons. The third kappa shape index (κ3) is 3.61. The van der Waals surface area contributed by atoms with Crippen molar-refractivity contribution in [2.75, 3.05) is 11.4 Å². The van der Waals surface area contributed by atoms with E-state index in [1.807, 2.05) is 6.07 Å². The van der Waals surface area contributed by atoms with Crippen LogP contribution in [0, 0.1) is 5.92 Å². The second-order valence-corrected chi connectivity index (χ2v) is 7.19. The number of alkyl halides is 3. The number of hydrogen-bond acceptors (Lipinski definition) is 2. The highest BCUT2D eigenvalue weighted by Gasteiger charge is 2.37. The molecule has 1 N–H and O–H groups in total. The summed E-state index contributed by atoms with van der Waals surface area (Å²) in [4.78, 5) is 26.8. The van der Waals surface area contributed by atoms with Crippen LogP contribution >= 0.6 is 0 Å². The second kappa shape index (κ2) is 6.96. The highest BCUT2D eigenvalue weighted by molar-refractivity contribution is 6.02. The number of fused-ring (bicyclic) bond motifs is 1. The van der Waals surface area contributed by atoms with Crippen molar-refractivity contribution < 1.29 is 22.8 Å². The lowest BCUT2D eigenvalue weighted by Crippen LogP contribution is -2.30. The lowest BCUT2D eigenvalue weighted by molar-refractivity contribution is -0.137. The van der Waals surface area contributed by atoms with Gasteiger partial charge in [-0.1, -0.05) is 18.2 Å². The monoisotopic (exact) mass is 388 g/mol. The first-order valence-corrected chi connectivity index (χ1v) is 9.22. The van der Waals surface area contributed by atoms with Crippen molar-refractivity contribution in [3.8, 4) is 0 Å². The minimum atomic E-state index is -4.38. The summed E-state index contributed by atoms with van der Waals surface area (Å²) >= 11 is 0. The van der Waals surface area contributed by atoms with Crippen molar-refractivity contribution in [2.45, 2.75) is 32.0 Å². The number of anilines is 1. The van der Waals surface area contributed by atoms with Crippen LogP contribution in [0.2, 0.25) is 0 Å². The topological polar surface area (TPSA) is 49.4 Å². The second-order valence-electron chi connectivity index (χ2n) is 7.19.